The van der Waals surface area contributed by atoms with Gasteiger partial charge in [-0.05, 0) is 48.6 Å². The van der Waals surface area contributed by atoms with Gasteiger partial charge < -0.3 is 14.8 Å². The fourth-order valence-corrected chi connectivity index (χ4v) is 3.31. The van der Waals surface area contributed by atoms with Crippen LogP contribution in [0.1, 0.15) is 30.5 Å². The van der Waals surface area contributed by atoms with Crippen LogP contribution in [-0.2, 0) is 6.54 Å². The van der Waals surface area contributed by atoms with Gasteiger partial charge in [0.25, 0.3) is 0 Å². The Morgan fingerprint density at radius 3 is 2.58 bits per heavy atom. The van der Waals surface area contributed by atoms with Crippen LogP contribution in [0.4, 0.5) is 18.0 Å². The van der Waals surface area contributed by atoms with E-state index in [1.54, 1.807) is 24.3 Å². The maximum absolute atomic E-state index is 12.3. The van der Waals surface area contributed by atoms with Crippen LogP contribution in [0.3, 0.4) is 0 Å². The second-order valence-corrected chi connectivity index (χ2v) is 7.58. The Kier molecular flexibility index (Phi) is 6.13. The van der Waals surface area contributed by atoms with Gasteiger partial charge in [-0.3, -0.25) is 4.90 Å². The summed E-state index contributed by atoms with van der Waals surface area (Å²) < 4.78 is 45.9. The predicted molar refractivity (Wildman–Crippen MR) is 107 cm³/mol. The number of carbonyl (C=O) groups excluding carboxylic acids is 1. The summed E-state index contributed by atoms with van der Waals surface area (Å²) in [7, 11) is 0. The molecule has 1 aromatic heterocycles. The smallest absolute Gasteiger partial charge is 0.406 e. The summed E-state index contributed by atoms with van der Waals surface area (Å²) in [4.78, 5) is 18.4. The molecule has 1 aromatic carbocycles. The second-order valence-electron chi connectivity index (χ2n) is 7.58. The number of hydrogen-bond donors (Lipinski definition) is 1. The zero-order chi connectivity index (χ0) is 21.8. The molecule has 1 N–H and O–H groups in total. The molecule has 31 heavy (non-hydrogen) atoms. The third kappa shape index (κ3) is 6.45. The lowest BCUT2D eigenvalue weighted by molar-refractivity contribution is -0.274. The standard InChI is InChI=1S/C22H22F3N3O3/c23-22(24,25)31-18-8-4-15(5-9-18)14-28-12-10-16(11-13-28)19-2-1-3-20(27-19)30-21(29)26-17-6-7-17/h1-5,8-10,17H,6-7,11-14H2,(H,26,29). The first-order chi connectivity index (χ1) is 14.8. The lowest BCUT2D eigenvalue weighted by Gasteiger charge is -2.26. The number of alkyl halides is 3. The van der Waals surface area contributed by atoms with Crippen LogP contribution in [-0.4, -0.2) is 41.5 Å². The molecule has 0 radical (unpaired) electrons. The lowest BCUT2D eigenvalue weighted by atomic mass is 10.0. The second kappa shape index (κ2) is 8.97. The number of halogens is 3. The molecule has 2 aromatic rings. The van der Waals surface area contributed by atoms with Crippen molar-refractivity contribution in [2.75, 3.05) is 13.1 Å². The molecular formula is C22H22F3N3O3. The average Bonchev–Trinajstić information content (AvgIpc) is 3.53. The first-order valence-corrected chi connectivity index (χ1v) is 10.1. The van der Waals surface area contributed by atoms with E-state index in [0.29, 0.717) is 13.1 Å². The number of amides is 1. The first-order valence-electron chi connectivity index (χ1n) is 10.1. The molecule has 1 aliphatic heterocycles. The van der Waals surface area contributed by atoms with E-state index in [-0.39, 0.29) is 17.7 Å². The first kappa shape index (κ1) is 21.2. The van der Waals surface area contributed by atoms with Crippen molar-refractivity contribution in [3.05, 3.63) is 59.8 Å². The minimum Gasteiger partial charge on any atom is -0.406 e. The molecule has 1 amide bonds. The molecule has 9 heteroatoms. The monoisotopic (exact) mass is 433 g/mol. The number of nitrogens with one attached hydrogen (secondary N) is 1. The maximum Gasteiger partial charge on any atom is 0.573 e. The number of hydrogen-bond acceptors (Lipinski definition) is 5. The molecule has 0 saturated heterocycles. The predicted octanol–water partition coefficient (Wildman–Crippen LogP) is 4.52. The van der Waals surface area contributed by atoms with Crippen LogP contribution in [0.15, 0.2) is 48.5 Å². The van der Waals surface area contributed by atoms with E-state index in [1.807, 2.05) is 6.07 Å². The average molecular weight is 433 g/mol. The van der Waals surface area contributed by atoms with Crippen LogP contribution in [0.5, 0.6) is 11.6 Å². The van der Waals surface area contributed by atoms with Gasteiger partial charge >= 0.3 is 12.5 Å². The van der Waals surface area contributed by atoms with Crippen LogP contribution in [0.2, 0.25) is 0 Å². The Morgan fingerprint density at radius 1 is 1.16 bits per heavy atom. The van der Waals surface area contributed by atoms with Crippen molar-refractivity contribution in [2.24, 2.45) is 0 Å². The van der Waals surface area contributed by atoms with Gasteiger partial charge in [0.2, 0.25) is 5.88 Å². The van der Waals surface area contributed by atoms with Gasteiger partial charge in [-0.1, -0.05) is 24.3 Å². The summed E-state index contributed by atoms with van der Waals surface area (Å²) in [5.41, 5.74) is 2.74. The Morgan fingerprint density at radius 2 is 1.94 bits per heavy atom. The highest BCUT2D eigenvalue weighted by Gasteiger charge is 2.31. The fourth-order valence-electron chi connectivity index (χ4n) is 3.31. The Labute approximate surface area is 177 Å². The van der Waals surface area contributed by atoms with E-state index >= 15 is 0 Å². The number of rotatable bonds is 6. The number of ether oxygens (including phenoxy) is 2. The SMILES string of the molecule is O=C(NC1CC1)Oc1cccc(C2=CCN(Cc3ccc(OC(F)(F)F)cc3)CC2)n1. The highest BCUT2D eigenvalue weighted by atomic mass is 19.4. The summed E-state index contributed by atoms with van der Waals surface area (Å²) in [5.74, 6) is 0.0382. The maximum atomic E-state index is 12.3. The molecule has 2 heterocycles. The van der Waals surface area contributed by atoms with Crippen molar-refractivity contribution in [1.82, 2.24) is 15.2 Å². The minimum absolute atomic E-state index is 0.219. The van der Waals surface area contributed by atoms with Gasteiger partial charge in [0.05, 0.1) is 5.69 Å². The molecular weight excluding hydrogens is 411 g/mol. The largest absolute Gasteiger partial charge is 0.573 e. The summed E-state index contributed by atoms with van der Waals surface area (Å²) in [6, 6.07) is 11.5. The highest BCUT2D eigenvalue weighted by Crippen LogP contribution is 2.26. The number of benzene rings is 1. The summed E-state index contributed by atoms with van der Waals surface area (Å²) in [6.45, 7) is 2.08. The zero-order valence-corrected chi connectivity index (χ0v) is 16.7. The Hall–Kier alpha value is -3.07. The van der Waals surface area contributed by atoms with Crippen molar-refractivity contribution < 1.29 is 27.4 Å². The van der Waals surface area contributed by atoms with Gasteiger partial charge in [0, 0.05) is 31.7 Å². The minimum atomic E-state index is -4.69. The molecule has 6 nitrogen and oxygen atoms in total. The van der Waals surface area contributed by atoms with Crippen LogP contribution < -0.4 is 14.8 Å². The van der Waals surface area contributed by atoms with E-state index in [1.165, 1.54) is 12.1 Å². The van der Waals surface area contributed by atoms with Crippen molar-refractivity contribution >= 4 is 11.7 Å². The number of carbonyl (C=O) groups is 1. The van der Waals surface area contributed by atoms with E-state index in [9.17, 15) is 18.0 Å². The van der Waals surface area contributed by atoms with Crippen LogP contribution in [0, 0.1) is 0 Å². The van der Waals surface area contributed by atoms with E-state index in [2.05, 4.69) is 26.0 Å². The van der Waals surface area contributed by atoms with E-state index in [4.69, 9.17) is 4.74 Å². The van der Waals surface area contributed by atoms with Crippen molar-refractivity contribution in [3.8, 4) is 11.6 Å². The molecule has 0 atom stereocenters. The Bertz CT molecular complexity index is 956. The molecule has 1 fully saturated rings. The van der Waals surface area contributed by atoms with Gasteiger partial charge in [-0.25, -0.2) is 9.78 Å². The third-order valence-electron chi connectivity index (χ3n) is 5.01. The summed E-state index contributed by atoms with van der Waals surface area (Å²) >= 11 is 0. The molecule has 1 aliphatic carbocycles. The Balaban J connectivity index is 1.31. The molecule has 0 unspecified atom stereocenters. The summed E-state index contributed by atoms with van der Waals surface area (Å²) in [5, 5.41) is 2.76. The van der Waals surface area contributed by atoms with Crippen LogP contribution in [0.25, 0.3) is 5.57 Å². The summed E-state index contributed by atoms with van der Waals surface area (Å²) in [6.07, 6.45) is -0.370. The highest BCUT2D eigenvalue weighted by molar-refractivity contribution is 5.71. The van der Waals surface area contributed by atoms with E-state index in [0.717, 1.165) is 42.6 Å². The number of nitrogens with zero attached hydrogens (tertiary/aromatic N) is 2. The van der Waals surface area contributed by atoms with Gasteiger partial charge in [-0.2, -0.15) is 0 Å². The lowest BCUT2D eigenvalue weighted by Crippen LogP contribution is -2.29. The molecule has 0 spiro atoms. The van der Waals surface area contributed by atoms with E-state index < -0.39 is 12.5 Å². The van der Waals surface area contributed by atoms with Crippen LogP contribution >= 0.6 is 0 Å². The molecule has 0 bridgehead atoms. The normalized spacial score (nSPS) is 17.1. The van der Waals surface area contributed by atoms with Gasteiger partial charge in [-0.15, -0.1) is 13.2 Å². The quantitative estimate of drug-likeness (QED) is 0.726. The fraction of sp³-hybridized carbons (Fsp3) is 0.364. The van der Waals surface area contributed by atoms with Gasteiger partial charge in [0.15, 0.2) is 0 Å². The van der Waals surface area contributed by atoms with Crippen molar-refractivity contribution in [1.29, 1.82) is 0 Å². The molecule has 2 aliphatic rings. The van der Waals surface area contributed by atoms with Gasteiger partial charge in [0.1, 0.15) is 5.75 Å². The van der Waals surface area contributed by atoms with Crippen molar-refractivity contribution in [2.45, 2.75) is 38.2 Å². The zero-order valence-electron chi connectivity index (χ0n) is 16.7. The molecule has 4 rings (SSSR count). The number of aromatic nitrogens is 1. The third-order valence-corrected chi connectivity index (χ3v) is 5.01. The number of pyridine rings is 1. The van der Waals surface area contributed by atoms with Crippen molar-refractivity contribution in [3.63, 3.8) is 0 Å². The molecule has 164 valence electrons. The topological polar surface area (TPSA) is 63.7 Å². The molecule has 1 saturated carbocycles.